The van der Waals surface area contributed by atoms with Crippen LogP contribution >= 0.6 is 0 Å². The van der Waals surface area contributed by atoms with Crippen LogP contribution in [0.1, 0.15) is 28.8 Å². The maximum Gasteiger partial charge on any atom is 0.270 e. The third-order valence-electron chi connectivity index (χ3n) is 6.14. The largest absolute Gasteiger partial charge is 0.366 e. The summed E-state index contributed by atoms with van der Waals surface area (Å²) in [7, 11) is 0. The number of aldehydes is 1. The fourth-order valence-electron chi connectivity index (χ4n) is 4.15. The number of nitro groups is 1. The lowest BCUT2D eigenvalue weighted by Gasteiger charge is -2.36. The Morgan fingerprint density at radius 2 is 1.74 bits per heavy atom. The molecule has 1 aliphatic rings. The molecule has 1 amide bonds. The molecule has 0 spiro atoms. The third-order valence-corrected chi connectivity index (χ3v) is 6.14. The molecular weight excluding hydrogens is 437 g/mol. The number of amides is 1. The van der Waals surface area contributed by atoms with Crippen LogP contribution in [-0.2, 0) is 4.79 Å². The van der Waals surface area contributed by atoms with Gasteiger partial charge in [-0.2, -0.15) is 0 Å². The Morgan fingerprint density at radius 3 is 2.35 bits per heavy atom. The van der Waals surface area contributed by atoms with Gasteiger partial charge in [0.2, 0.25) is 0 Å². The molecule has 1 saturated heterocycles. The van der Waals surface area contributed by atoms with Gasteiger partial charge < -0.3 is 14.6 Å². The van der Waals surface area contributed by atoms with Gasteiger partial charge in [-0.3, -0.25) is 14.9 Å². The number of rotatable bonds is 6. The third kappa shape index (κ3) is 4.66. The minimum Gasteiger partial charge on any atom is -0.366 e. The first kappa shape index (κ1) is 23.1. The molecule has 0 aliphatic carbocycles. The van der Waals surface area contributed by atoms with Gasteiger partial charge in [-0.25, -0.2) is 4.39 Å². The number of piperazine rings is 1. The summed E-state index contributed by atoms with van der Waals surface area (Å²) in [6.45, 7) is 3.24. The van der Waals surface area contributed by atoms with Crippen LogP contribution in [0.4, 0.5) is 15.8 Å². The summed E-state index contributed by atoms with van der Waals surface area (Å²) in [4.78, 5) is 38.7. The lowest BCUT2D eigenvalue weighted by molar-refractivity contribution is -0.384. The normalized spacial score (nSPS) is 14.5. The Kier molecular flexibility index (Phi) is 6.67. The van der Waals surface area contributed by atoms with Crippen LogP contribution in [0.3, 0.4) is 0 Å². The SMILES string of the molecule is CC(C=O)c1ccc(N2CCN(C(=O)c3cc([N+](=O)[O-])ccc3-c3ccccc3)CC2)c(F)c1. The van der Waals surface area contributed by atoms with E-state index in [4.69, 9.17) is 0 Å². The van der Waals surface area contributed by atoms with Crippen molar-refractivity contribution in [2.75, 3.05) is 31.1 Å². The Labute approximate surface area is 196 Å². The zero-order chi connectivity index (χ0) is 24.2. The van der Waals surface area contributed by atoms with Crippen molar-refractivity contribution in [3.63, 3.8) is 0 Å². The van der Waals surface area contributed by atoms with Gasteiger partial charge in [-0.15, -0.1) is 0 Å². The summed E-state index contributed by atoms with van der Waals surface area (Å²) in [6.07, 6.45) is 0.774. The highest BCUT2D eigenvalue weighted by Crippen LogP contribution is 2.30. The van der Waals surface area contributed by atoms with Gasteiger partial charge >= 0.3 is 0 Å². The van der Waals surface area contributed by atoms with Crippen molar-refractivity contribution in [1.82, 2.24) is 4.90 Å². The zero-order valence-corrected chi connectivity index (χ0v) is 18.7. The van der Waals surface area contributed by atoms with Crippen molar-refractivity contribution >= 4 is 23.6 Å². The van der Waals surface area contributed by atoms with Gasteiger partial charge in [0, 0.05) is 44.2 Å². The number of carbonyl (C=O) groups excluding carboxylic acids is 2. The maximum absolute atomic E-state index is 14.7. The van der Waals surface area contributed by atoms with Gasteiger partial charge in [-0.1, -0.05) is 43.3 Å². The quantitative estimate of drug-likeness (QED) is 0.303. The number of carbonyl (C=O) groups is 2. The first-order valence-electron chi connectivity index (χ1n) is 11.0. The maximum atomic E-state index is 14.7. The lowest BCUT2D eigenvalue weighted by Crippen LogP contribution is -2.49. The Morgan fingerprint density at radius 1 is 1.03 bits per heavy atom. The standard InChI is InChI=1S/C26H24FN3O4/c1-18(17-31)20-7-10-25(24(27)15-20)28-11-13-29(14-12-28)26(32)23-16-21(30(33)34)8-9-22(23)19-5-3-2-4-6-19/h2-10,15-18H,11-14H2,1H3. The van der Waals surface area contributed by atoms with E-state index in [9.17, 15) is 24.1 Å². The molecule has 174 valence electrons. The van der Waals surface area contributed by atoms with Gasteiger partial charge in [0.15, 0.2) is 0 Å². The molecule has 1 heterocycles. The van der Waals surface area contributed by atoms with Crippen molar-refractivity contribution in [2.45, 2.75) is 12.8 Å². The van der Waals surface area contributed by atoms with Gasteiger partial charge in [-0.05, 0) is 34.9 Å². The lowest BCUT2D eigenvalue weighted by atomic mass is 9.98. The summed E-state index contributed by atoms with van der Waals surface area (Å²) in [6, 6.07) is 18.4. The molecule has 0 aromatic heterocycles. The topological polar surface area (TPSA) is 83.8 Å². The molecule has 0 N–H and O–H groups in total. The molecule has 8 heteroatoms. The molecule has 0 radical (unpaired) electrons. The second kappa shape index (κ2) is 9.82. The minimum atomic E-state index is -0.512. The van der Waals surface area contributed by atoms with E-state index in [-0.39, 0.29) is 23.1 Å². The second-order valence-electron chi connectivity index (χ2n) is 8.27. The molecule has 3 aromatic carbocycles. The first-order chi connectivity index (χ1) is 16.4. The van der Waals surface area contributed by atoms with Crippen LogP contribution in [0.2, 0.25) is 0 Å². The Balaban J connectivity index is 1.54. The van der Waals surface area contributed by atoms with Gasteiger partial charge in [0.25, 0.3) is 11.6 Å². The van der Waals surface area contributed by atoms with Crippen LogP contribution in [-0.4, -0.2) is 48.2 Å². The molecule has 1 aliphatic heterocycles. The van der Waals surface area contributed by atoms with Crippen LogP contribution < -0.4 is 4.90 Å². The number of halogens is 1. The minimum absolute atomic E-state index is 0.145. The molecular formula is C26H24FN3O4. The highest BCUT2D eigenvalue weighted by molar-refractivity contribution is 6.01. The number of hydrogen-bond donors (Lipinski definition) is 0. The van der Waals surface area contributed by atoms with Crippen LogP contribution in [0.25, 0.3) is 11.1 Å². The summed E-state index contributed by atoms with van der Waals surface area (Å²) >= 11 is 0. The van der Waals surface area contributed by atoms with E-state index in [1.54, 1.807) is 30.0 Å². The summed E-state index contributed by atoms with van der Waals surface area (Å²) in [5.74, 6) is -1.08. The molecule has 1 atom stereocenters. The van der Waals surface area contributed by atoms with Gasteiger partial charge in [0.05, 0.1) is 16.2 Å². The molecule has 3 aromatic rings. The molecule has 1 unspecified atom stereocenters. The average molecular weight is 461 g/mol. The number of anilines is 1. The van der Waals surface area contributed by atoms with Crippen LogP contribution in [0, 0.1) is 15.9 Å². The average Bonchev–Trinajstić information content (AvgIpc) is 2.88. The number of benzene rings is 3. The summed E-state index contributed by atoms with van der Waals surface area (Å²) in [5, 5.41) is 11.3. The molecule has 4 rings (SSSR count). The summed E-state index contributed by atoms with van der Waals surface area (Å²) < 4.78 is 14.7. The van der Waals surface area contributed by atoms with Crippen molar-refractivity contribution in [2.24, 2.45) is 0 Å². The van der Waals surface area contributed by atoms with E-state index >= 15 is 0 Å². The number of non-ortho nitro benzene ring substituents is 1. The van der Waals surface area contributed by atoms with Crippen molar-refractivity contribution in [3.05, 3.63) is 93.8 Å². The van der Waals surface area contributed by atoms with Crippen LogP contribution in [0.15, 0.2) is 66.7 Å². The van der Waals surface area contributed by atoms with E-state index in [2.05, 4.69) is 0 Å². The van der Waals surface area contributed by atoms with E-state index < -0.39 is 10.7 Å². The van der Waals surface area contributed by atoms with E-state index in [1.165, 1.54) is 18.2 Å². The fourth-order valence-corrected chi connectivity index (χ4v) is 4.15. The van der Waals surface area contributed by atoms with E-state index in [1.807, 2.05) is 35.2 Å². The van der Waals surface area contributed by atoms with Crippen molar-refractivity contribution in [1.29, 1.82) is 0 Å². The predicted octanol–water partition coefficient (Wildman–Crippen LogP) is 4.67. The Bertz CT molecular complexity index is 1220. The Hall–Kier alpha value is -4.07. The predicted molar refractivity (Wildman–Crippen MR) is 128 cm³/mol. The van der Waals surface area contributed by atoms with E-state index in [0.29, 0.717) is 43.0 Å². The monoisotopic (exact) mass is 461 g/mol. The highest BCUT2D eigenvalue weighted by Gasteiger charge is 2.27. The number of nitro benzene ring substituents is 1. The van der Waals surface area contributed by atoms with Gasteiger partial charge in [0.1, 0.15) is 12.1 Å². The smallest absolute Gasteiger partial charge is 0.270 e. The van der Waals surface area contributed by atoms with Crippen molar-refractivity contribution in [3.8, 4) is 11.1 Å². The number of hydrogen-bond acceptors (Lipinski definition) is 5. The number of nitrogens with zero attached hydrogens (tertiary/aromatic N) is 3. The molecule has 7 nitrogen and oxygen atoms in total. The summed E-state index contributed by atoms with van der Waals surface area (Å²) in [5.41, 5.74) is 2.59. The fraction of sp³-hybridized carbons (Fsp3) is 0.231. The molecule has 0 bridgehead atoms. The second-order valence-corrected chi connectivity index (χ2v) is 8.27. The van der Waals surface area contributed by atoms with Crippen LogP contribution in [0.5, 0.6) is 0 Å². The first-order valence-corrected chi connectivity index (χ1v) is 11.0. The van der Waals surface area contributed by atoms with E-state index in [0.717, 1.165) is 11.8 Å². The van der Waals surface area contributed by atoms with Crippen molar-refractivity contribution < 1.29 is 18.9 Å². The molecule has 34 heavy (non-hydrogen) atoms. The zero-order valence-electron chi connectivity index (χ0n) is 18.7. The molecule has 0 saturated carbocycles. The molecule has 1 fully saturated rings. The highest BCUT2D eigenvalue weighted by atomic mass is 19.1.